The van der Waals surface area contributed by atoms with Gasteiger partial charge in [-0.25, -0.2) is 4.98 Å². The van der Waals surface area contributed by atoms with Gasteiger partial charge in [-0.3, -0.25) is 24.2 Å². The third-order valence-electron chi connectivity index (χ3n) is 4.49. The molecule has 39 heavy (non-hydrogen) atoms. The van der Waals surface area contributed by atoms with E-state index in [-0.39, 0.29) is 43.7 Å². The van der Waals surface area contributed by atoms with Crippen LogP contribution in [0.1, 0.15) is 24.8 Å². The largest absolute Gasteiger partial charge is 0.375 e. The molecule has 0 aliphatic carbocycles. The number of aliphatic imine (C=N–C) groups is 1. The first-order chi connectivity index (χ1) is 18.6. The SMILES string of the molecule is CCCN=C(N)N.COCC(=O)NCCC(=O)NC(CS)C(=O)NCC(=O)Nc1ccc2nc(C#N)sc2c1. The minimum absolute atomic E-state index is 0.0263. The van der Waals surface area contributed by atoms with Gasteiger partial charge in [-0.15, -0.1) is 11.3 Å². The van der Waals surface area contributed by atoms with Gasteiger partial charge in [0.05, 0.1) is 16.8 Å². The molecular formula is C23H33N9O5S2. The van der Waals surface area contributed by atoms with Gasteiger partial charge in [-0.05, 0) is 24.6 Å². The molecule has 0 saturated carbocycles. The topological polar surface area (TPSA) is 227 Å². The number of carbonyl (C=O) groups is 4. The smallest absolute Gasteiger partial charge is 0.245 e. The van der Waals surface area contributed by atoms with Crippen molar-refractivity contribution in [3.8, 4) is 6.07 Å². The van der Waals surface area contributed by atoms with Crippen molar-refractivity contribution in [3.63, 3.8) is 0 Å². The molecule has 16 heteroatoms. The first kappa shape index (κ1) is 33.1. The minimum atomic E-state index is -0.939. The highest BCUT2D eigenvalue weighted by molar-refractivity contribution is 7.80. The molecule has 0 spiro atoms. The van der Waals surface area contributed by atoms with E-state index in [1.54, 1.807) is 18.2 Å². The number of thiazole rings is 1. The minimum Gasteiger partial charge on any atom is -0.375 e. The van der Waals surface area contributed by atoms with Crippen molar-refractivity contribution in [3.05, 3.63) is 23.2 Å². The third-order valence-corrected chi connectivity index (χ3v) is 5.78. The van der Waals surface area contributed by atoms with Crippen LogP contribution in [-0.2, 0) is 23.9 Å². The van der Waals surface area contributed by atoms with Gasteiger partial charge < -0.3 is 37.5 Å². The van der Waals surface area contributed by atoms with Gasteiger partial charge in [0.25, 0.3) is 0 Å². The van der Waals surface area contributed by atoms with Crippen molar-refractivity contribution in [1.29, 1.82) is 5.26 Å². The Kier molecular flexibility index (Phi) is 15.6. The number of anilines is 1. The first-order valence-electron chi connectivity index (χ1n) is 11.7. The van der Waals surface area contributed by atoms with Crippen LogP contribution in [0.2, 0.25) is 0 Å². The van der Waals surface area contributed by atoms with Gasteiger partial charge in [-0.1, -0.05) is 6.92 Å². The zero-order valence-corrected chi connectivity index (χ0v) is 23.4. The van der Waals surface area contributed by atoms with Crippen molar-refractivity contribution in [2.75, 3.05) is 44.4 Å². The lowest BCUT2D eigenvalue weighted by molar-refractivity contribution is -0.129. The fourth-order valence-electron chi connectivity index (χ4n) is 2.75. The summed E-state index contributed by atoms with van der Waals surface area (Å²) in [6, 6.07) is 6.05. The number of hydrogen-bond acceptors (Lipinski definition) is 10. The Morgan fingerprint density at radius 1 is 1.21 bits per heavy atom. The number of hydrogen-bond donors (Lipinski definition) is 7. The number of ether oxygens (including phenoxy) is 1. The van der Waals surface area contributed by atoms with E-state index in [9.17, 15) is 19.2 Å². The number of guanidine groups is 1. The number of nitrogens with two attached hydrogens (primary N) is 2. The van der Waals surface area contributed by atoms with Crippen LogP contribution in [0.25, 0.3) is 10.2 Å². The highest BCUT2D eigenvalue weighted by atomic mass is 32.1. The summed E-state index contributed by atoms with van der Waals surface area (Å²) >= 11 is 5.27. The van der Waals surface area contributed by atoms with Gasteiger partial charge in [0.1, 0.15) is 18.7 Å². The van der Waals surface area contributed by atoms with Gasteiger partial charge in [0.15, 0.2) is 11.0 Å². The molecule has 212 valence electrons. The van der Waals surface area contributed by atoms with Crippen LogP contribution in [0.4, 0.5) is 5.69 Å². The number of amides is 4. The quantitative estimate of drug-likeness (QED) is 0.0917. The van der Waals surface area contributed by atoms with Gasteiger partial charge in [0.2, 0.25) is 23.6 Å². The summed E-state index contributed by atoms with van der Waals surface area (Å²) in [7, 11) is 1.38. The van der Waals surface area contributed by atoms with E-state index in [0.717, 1.165) is 17.7 Å². The molecule has 0 bridgehead atoms. The molecule has 0 fully saturated rings. The Labute approximate surface area is 235 Å². The molecule has 1 heterocycles. The second kappa shape index (κ2) is 18.3. The summed E-state index contributed by atoms with van der Waals surface area (Å²) in [6.45, 7) is 2.44. The summed E-state index contributed by atoms with van der Waals surface area (Å²) < 4.78 is 5.41. The van der Waals surface area contributed by atoms with E-state index < -0.39 is 23.8 Å². The second-order valence-corrected chi connectivity index (χ2v) is 9.12. The summed E-state index contributed by atoms with van der Waals surface area (Å²) in [4.78, 5) is 55.5. The fraction of sp³-hybridized carbons (Fsp3) is 0.435. The van der Waals surface area contributed by atoms with E-state index in [1.165, 1.54) is 18.4 Å². The molecule has 1 atom stereocenters. The molecule has 8 N–H and O–H groups in total. The second-order valence-electron chi connectivity index (χ2n) is 7.72. The molecule has 0 aliphatic heterocycles. The highest BCUT2D eigenvalue weighted by Gasteiger charge is 2.20. The summed E-state index contributed by atoms with van der Waals surface area (Å²) in [6.07, 6.45) is 0.971. The predicted molar refractivity (Wildman–Crippen MR) is 152 cm³/mol. The summed E-state index contributed by atoms with van der Waals surface area (Å²) in [5.41, 5.74) is 11.2. The van der Waals surface area contributed by atoms with Crippen LogP contribution >= 0.6 is 24.0 Å². The number of aromatic nitrogens is 1. The van der Waals surface area contributed by atoms with E-state index in [2.05, 4.69) is 48.6 Å². The van der Waals surface area contributed by atoms with Gasteiger partial charge >= 0.3 is 0 Å². The average molecular weight is 580 g/mol. The Bertz CT molecular complexity index is 1190. The maximum absolute atomic E-state index is 12.3. The molecule has 4 amide bonds. The van der Waals surface area contributed by atoms with Crippen LogP contribution in [0.3, 0.4) is 0 Å². The molecule has 0 radical (unpaired) electrons. The zero-order chi connectivity index (χ0) is 29.2. The lowest BCUT2D eigenvalue weighted by atomic mass is 10.2. The van der Waals surface area contributed by atoms with Crippen LogP contribution in [0, 0.1) is 11.3 Å². The normalized spacial score (nSPS) is 10.7. The lowest BCUT2D eigenvalue weighted by Crippen LogP contribution is -2.49. The highest BCUT2D eigenvalue weighted by Crippen LogP contribution is 2.24. The Balaban J connectivity index is 0.000000956. The Morgan fingerprint density at radius 2 is 1.95 bits per heavy atom. The number of benzene rings is 1. The van der Waals surface area contributed by atoms with Crippen molar-refractivity contribution in [2.24, 2.45) is 16.5 Å². The van der Waals surface area contributed by atoms with Crippen molar-refractivity contribution < 1.29 is 23.9 Å². The number of nitriles is 1. The van der Waals surface area contributed by atoms with Crippen molar-refractivity contribution >= 4 is 69.5 Å². The number of fused-ring (bicyclic) bond motifs is 1. The number of thiol groups is 1. The summed E-state index contributed by atoms with van der Waals surface area (Å²) in [5.74, 6) is -1.62. The summed E-state index contributed by atoms with van der Waals surface area (Å²) in [5, 5.41) is 19.3. The molecule has 0 aliphatic rings. The maximum Gasteiger partial charge on any atom is 0.245 e. The van der Waals surface area contributed by atoms with Crippen molar-refractivity contribution in [1.82, 2.24) is 20.9 Å². The van der Waals surface area contributed by atoms with Crippen LogP contribution in [0.15, 0.2) is 23.2 Å². The maximum atomic E-state index is 12.3. The zero-order valence-electron chi connectivity index (χ0n) is 21.7. The standard InChI is InChI=1S/C19H22N6O5S2.C4H11N3/c1-30-9-17(28)21-5-4-15(26)24-13(10-31)19(29)22-8-16(27)23-11-2-3-12-14(6-11)32-18(7-20)25-12;1-2-3-7-4(5)6/h2-3,6,13,31H,4-5,8-10H2,1H3,(H,21,28)(H,22,29)(H,23,27)(H,24,26);2-3H2,1H3,(H4,5,6,7). The average Bonchev–Trinajstić information content (AvgIpc) is 3.32. The number of rotatable bonds is 13. The lowest BCUT2D eigenvalue weighted by Gasteiger charge is -2.16. The van der Waals surface area contributed by atoms with E-state index >= 15 is 0 Å². The van der Waals surface area contributed by atoms with E-state index in [0.29, 0.717) is 16.2 Å². The first-order valence-corrected chi connectivity index (χ1v) is 13.2. The molecule has 2 rings (SSSR count). The monoisotopic (exact) mass is 579 g/mol. The number of nitrogens with zero attached hydrogens (tertiary/aromatic N) is 3. The fourth-order valence-corrected chi connectivity index (χ4v) is 3.80. The number of carbonyl (C=O) groups excluding carboxylic acids is 4. The Morgan fingerprint density at radius 3 is 2.54 bits per heavy atom. The van der Waals surface area contributed by atoms with Gasteiger partial charge in [0, 0.05) is 38.1 Å². The van der Waals surface area contributed by atoms with Crippen LogP contribution in [0.5, 0.6) is 0 Å². The third kappa shape index (κ3) is 13.4. The van der Waals surface area contributed by atoms with E-state index in [1.807, 2.05) is 13.0 Å². The molecular weight excluding hydrogens is 546 g/mol. The van der Waals surface area contributed by atoms with Crippen LogP contribution < -0.4 is 32.7 Å². The van der Waals surface area contributed by atoms with E-state index in [4.69, 9.17) is 16.7 Å². The van der Waals surface area contributed by atoms with Crippen LogP contribution in [-0.4, -0.2) is 79.7 Å². The molecule has 2 aromatic rings. The predicted octanol–water partition coefficient (Wildman–Crippen LogP) is -0.540. The molecule has 1 aromatic heterocycles. The van der Waals surface area contributed by atoms with Gasteiger partial charge in [-0.2, -0.15) is 17.9 Å². The molecule has 1 aromatic carbocycles. The van der Waals surface area contributed by atoms with Crippen molar-refractivity contribution in [2.45, 2.75) is 25.8 Å². The molecule has 0 saturated heterocycles. The number of nitrogens with one attached hydrogen (secondary N) is 4. The number of methoxy groups -OCH3 is 1. The molecule has 1 unspecified atom stereocenters. The Hall–Kier alpha value is -3.94. The molecule has 14 nitrogen and oxygen atoms in total.